The first-order valence-corrected chi connectivity index (χ1v) is 5.97. The SMILES string of the molecule is c1ccc2c(c1)CCc1nn[se]c1-2. The fourth-order valence-corrected chi connectivity index (χ4v) is 3.40. The van der Waals surface area contributed by atoms with Gasteiger partial charge in [0.1, 0.15) is 0 Å². The monoisotopic (exact) mass is 236 g/mol. The van der Waals surface area contributed by atoms with Crippen molar-refractivity contribution in [2.75, 3.05) is 0 Å². The van der Waals surface area contributed by atoms with Gasteiger partial charge in [-0.15, -0.1) is 0 Å². The third kappa shape index (κ3) is 1.08. The van der Waals surface area contributed by atoms with Crippen LogP contribution in [0.5, 0.6) is 0 Å². The molecule has 0 amide bonds. The molecule has 1 heterocycles. The van der Waals surface area contributed by atoms with Gasteiger partial charge >= 0.3 is 82.3 Å². The molecule has 0 saturated heterocycles. The maximum absolute atomic E-state index is 4.19. The van der Waals surface area contributed by atoms with E-state index in [0.717, 1.165) is 12.8 Å². The van der Waals surface area contributed by atoms with E-state index in [1.54, 1.807) is 0 Å². The summed E-state index contributed by atoms with van der Waals surface area (Å²) in [6, 6.07) is 8.62. The van der Waals surface area contributed by atoms with Crippen LogP contribution in [0.1, 0.15) is 11.3 Å². The summed E-state index contributed by atoms with van der Waals surface area (Å²) in [5.41, 5.74) is 4.10. The Hall–Kier alpha value is -0.921. The Morgan fingerprint density at radius 1 is 1.15 bits per heavy atom. The van der Waals surface area contributed by atoms with Crippen LogP contribution in [0.3, 0.4) is 0 Å². The zero-order valence-electron chi connectivity index (χ0n) is 7.03. The number of fused-ring (bicyclic) bond motifs is 3. The normalized spacial score (nSPS) is 13.5. The molecule has 64 valence electrons. The van der Waals surface area contributed by atoms with Crippen LogP contribution in [0.4, 0.5) is 0 Å². The summed E-state index contributed by atoms with van der Waals surface area (Å²) in [6.07, 6.45) is 2.21. The summed E-state index contributed by atoms with van der Waals surface area (Å²) >= 11 is 0.242. The predicted octanol–water partition coefficient (Wildman–Crippen LogP) is 1.30. The number of hydrogen-bond acceptors (Lipinski definition) is 2. The Balaban J connectivity index is 2.30. The quantitative estimate of drug-likeness (QED) is 0.643. The van der Waals surface area contributed by atoms with E-state index in [0.29, 0.717) is 0 Å². The maximum atomic E-state index is 4.19. The van der Waals surface area contributed by atoms with E-state index in [9.17, 15) is 0 Å². The van der Waals surface area contributed by atoms with Crippen LogP contribution in [-0.2, 0) is 12.8 Å². The zero-order valence-corrected chi connectivity index (χ0v) is 8.74. The van der Waals surface area contributed by atoms with Gasteiger partial charge in [-0.05, 0) is 0 Å². The summed E-state index contributed by atoms with van der Waals surface area (Å²) in [7, 11) is 0. The van der Waals surface area contributed by atoms with Crippen LogP contribution in [0, 0.1) is 0 Å². The van der Waals surface area contributed by atoms with E-state index in [1.165, 1.54) is 21.3 Å². The van der Waals surface area contributed by atoms with Crippen LogP contribution in [0.25, 0.3) is 10.0 Å². The van der Waals surface area contributed by atoms with Crippen molar-refractivity contribution in [2.45, 2.75) is 12.8 Å². The molecule has 1 aliphatic rings. The number of nitrogens with zero attached hydrogens (tertiary/aromatic N) is 2. The minimum atomic E-state index is 0.242. The Labute approximate surface area is 82.6 Å². The van der Waals surface area contributed by atoms with E-state index in [-0.39, 0.29) is 14.7 Å². The molecule has 0 N–H and O–H groups in total. The molecular weight excluding hydrogens is 227 g/mol. The molecule has 0 atom stereocenters. The second kappa shape index (κ2) is 2.79. The van der Waals surface area contributed by atoms with Gasteiger partial charge in [0.25, 0.3) is 0 Å². The van der Waals surface area contributed by atoms with Crippen LogP contribution in [-0.4, -0.2) is 23.9 Å². The molecule has 1 aliphatic carbocycles. The molecular formula is C10H8N2Se. The van der Waals surface area contributed by atoms with Gasteiger partial charge in [0.05, 0.1) is 0 Å². The molecule has 2 nitrogen and oxygen atoms in total. The van der Waals surface area contributed by atoms with Gasteiger partial charge in [0.2, 0.25) is 0 Å². The van der Waals surface area contributed by atoms with Gasteiger partial charge in [-0.25, -0.2) is 0 Å². The molecule has 0 bridgehead atoms. The van der Waals surface area contributed by atoms with Gasteiger partial charge < -0.3 is 0 Å². The first-order chi connectivity index (χ1) is 6.45. The standard InChI is InChI=1S/C10H8N2Se/c1-2-4-8-7(3-1)5-6-9-10(8)13-12-11-9/h1-4H,5-6H2. The molecule has 0 aliphatic heterocycles. The van der Waals surface area contributed by atoms with Crippen molar-refractivity contribution in [3.05, 3.63) is 35.5 Å². The van der Waals surface area contributed by atoms with Crippen LogP contribution < -0.4 is 0 Å². The molecule has 1 aromatic heterocycles. The molecule has 3 heteroatoms. The molecule has 0 saturated carbocycles. The molecule has 2 aromatic rings. The van der Waals surface area contributed by atoms with E-state index >= 15 is 0 Å². The van der Waals surface area contributed by atoms with Crippen molar-refractivity contribution >= 4 is 14.7 Å². The predicted molar refractivity (Wildman–Crippen MR) is 51.8 cm³/mol. The summed E-state index contributed by atoms with van der Waals surface area (Å²) < 4.78 is 5.55. The van der Waals surface area contributed by atoms with Crippen molar-refractivity contribution in [3.63, 3.8) is 0 Å². The van der Waals surface area contributed by atoms with Crippen LogP contribution >= 0.6 is 0 Å². The number of rotatable bonds is 0. The molecule has 13 heavy (non-hydrogen) atoms. The van der Waals surface area contributed by atoms with E-state index in [4.69, 9.17) is 0 Å². The number of hydrogen-bond donors (Lipinski definition) is 0. The minimum absolute atomic E-state index is 0.242. The summed E-state index contributed by atoms with van der Waals surface area (Å²) in [6.45, 7) is 0. The zero-order chi connectivity index (χ0) is 8.67. The second-order valence-electron chi connectivity index (χ2n) is 3.21. The fourth-order valence-electron chi connectivity index (χ4n) is 1.79. The van der Waals surface area contributed by atoms with E-state index in [2.05, 4.69) is 33.5 Å². The number of aryl methyl sites for hydroxylation is 2. The van der Waals surface area contributed by atoms with Gasteiger partial charge in [0, 0.05) is 0 Å². The van der Waals surface area contributed by atoms with E-state index in [1.807, 2.05) is 0 Å². The average Bonchev–Trinajstić information content (AvgIpc) is 2.65. The summed E-state index contributed by atoms with van der Waals surface area (Å²) in [4.78, 5) is 0. The Kier molecular flexibility index (Phi) is 1.61. The molecule has 1 aromatic carbocycles. The van der Waals surface area contributed by atoms with E-state index < -0.39 is 0 Å². The summed E-state index contributed by atoms with van der Waals surface area (Å²) in [5.74, 6) is 0. The molecule has 0 unspecified atom stereocenters. The van der Waals surface area contributed by atoms with Crippen LogP contribution in [0.2, 0.25) is 0 Å². The molecule has 3 rings (SSSR count). The molecule has 0 radical (unpaired) electrons. The first kappa shape index (κ1) is 7.48. The Morgan fingerprint density at radius 3 is 3.08 bits per heavy atom. The average molecular weight is 235 g/mol. The van der Waals surface area contributed by atoms with Gasteiger partial charge in [-0.3, -0.25) is 0 Å². The Bertz CT molecular complexity index is 448. The number of aromatic nitrogens is 2. The molecule has 0 spiro atoms. The van der Waals surface area contributed by atoms with Crippen molar-refractivity contribution in [1.29, 1.82) is 0 Å². The topological polar surface area (TPSA) is 25.8 Å². The fraction of sp³-hybridized carbons (Fsp3) is 0.200. The number of benzene rings is 1. The van der Waals surface area contributed by atoms with Gasteiger partial charge in [0.15, 0.2) is 0 Å². The third-order valence-corrected chi connectivity index (χ3v) is 4.13. The van der Waals surface area contributed by atoms with Crippen molar-refractivity contribution in [2.24, 2.45) is 0 Å². The first-order valence-electron chi connectivity index (χ1n) is 4.34. The van der Waals surface area contributed by atoms with Gasteiger partial charge in [-0.2, -0.15) is 0 Å². The van der Waals surface area contributed by atoms with Crippen molar-refractivity contribution in [1.82, 2.24) is 9.19 Å². The van der Waals surface area contributed by atoms with Crippen molar-refractivity contribution in [3.8, 4) is 10.0 Å². The van der Waals surface area contributed by atoms with Crippen molar-refractivity contribution < 1.29 is 0 Å². The van der Waals surface area contributed by atoms with Crippen LogP contribution in [0.15, 0.2) is 24.3 Å². The third-order valence-electron chi connectivity index (χ3n) is 2.45. The van der Waals surface area contributed by atoms with Gasteiger partial charge in [-0.1, -0.05) is 0 Å². The second-order valence-corrected chi connectivity index (χ2v) is 4.79. The molecule has 0 fully saturated rings. The summed E-state index contributed by atoms with van der Waals surface area (Å²) in [5, 5.41) is 4.19. The Morgan fingerprint density at radius 2 is 2.08 bits per heavy atom.